The molecule has 2 aromatic rings. The second-order valence-corrected chi connectivity index (χ2v) is 12.2. The average molecular weight is 517 g/mol. The van der Waals surface area contributed by atoms with Gasteiger partial charge >= 0.3 is 15.2 Å². The van der Waals surface area contributed by atoms with Crippen LogP contribution in [0.5, 0.6) is 0 Å². The number of hydrogen-bond donors (Lipinski definition) is 3. The molecule has 178 valence electrons. The maximum absolute atomic E-state index is 13.7. The number of nitrogens with zero attached hydrogens (tertiary/aromatic N) is 4. The first-order chi connectivity index (χ1) is 14.8. The Kier molecular flexibility index (Phi) is 6.41. The number of alkyl halides is 2. The lowest BCUT2D eigenvalue weighted by atomic mass is 10.2. The molecule has 0 aromatic carbocycles. The summed E-state index contributed by atoms with van der Waals surface area (Å²) in [7, 11) is -9.20. The molecule has 0 spiro atoms. The molecule has 0 amide bonds. The Hall–Kier alpha value is -1.17. The maximum Gasteiger partial charge on any atom is 0.340 e. The molecule has 0 radical (unpaired) electrons. The molecule has 2 aromatic heterocycles. The van der Waals surface area contributed by atoms with Crippen molar-refractivity contribution in [1.29, 1.82) is 0 Å². The molecule has 2 aliphatic heterocycles. The van der Waals surface area contributed by atoms with E-state index in [4.69, 9.17) is 30.6 Å². The molecule has 4 rings (SSSR count). The third-order valence-corrected chi connectivity index (χ3v) is 8.85. The zero-order valence-corrected chi connectivity index (χ0v) is 19.1. The van der Waals surface area contributed by atoms with Gasteiger partial charge in [-0.25, -0.2) is 18.3 Å². The first kappa shape index (κ1) is 24.0. The van der Waals surface area contributed by atoms with Crippen molar-refractivity contribution < 1.29 is 41.9 Å². The van der Waals surface area contributed by atoms with Crippen LogP contribution in [0.25, 0.3) is 5.52 Å². The van der Waals surface area contributed by atoms with Gasteiger partial charge in [0.05, 0.1) is 31.1 Å². The minimum atomic E-state index is -4.72. The largest absolute Gasteiger partial charge is 0.365 e. The van der Waals surface area contributed by atoms with Crippen LogP contribution < -0.4 is 4.90 Å². The monoisotopic (exact) mass is 516 g/mol. The predicted molar refractivity (Wildman–Crippen MR) is 109 cm³/mol. The topological polar surface area (TPSA) is 147 Å². The first-order valence-corrected chi connectivity index (χ1v) is 13.6. The van der Waals surface area contributed by atoms with Crippen molar-refractivity contribution in [2.24, 2.45) is 0 Å². The van der Waals surface area contributed by atoms with Crippen molar-refractivity contribution in [2.45, 2.75) is 37.4 Å². The Morgan fingerprint density at radius 3 is 2.72 bits per heavy atom. The molecule has 0 saturated carbocycles. The molecule has 3 atom stereocenters. The van der Waals surface area contributed by atoms with Crippen LogP contribution in [0.3, 0.4) is 0 Å². The standard InChI is InChI=1S/C16H21ClF2N4O7P2/c17-14-5-11(22-4-3-16(18,19)8-22)12-6-20-15(23(12)21-14)13-2-1-10(30-13)7-29-32(27,28)9-31(24,25)26/h5-6,10,13H,1-4,7-9H2,(H,27,28)(H2,24,25,26)/t10-,13+/m0/s1. The fourth-order valence-corrected chi connectivity index (χ4v) is 6.62. The molecule has 2 saturated heterocycles. The van der Waals surface area contributed by atoms with E-state index in [0.29, 0.717) is 29.9 Å². The number of imidazole rings is 1. The molecule has 4 heterocycles. The van der Waals surface area contributed by atoms with Crippen molar-refractivity contribution in [3.63, 3.8) is 0 Å². The van der Waals surface area contributed by atoms with Gasteiger partial charge in [-0.1, -0.05) is 11.6 Å². The van der Waals surface area contributed by atoms with Crippen molar-refractivity contribution in [3.8, 4) is 0 Å². The number of aromatic nitrogens is 3. The first-order valence-electron chi connectivity index (χ1n) is 9.65. The minimum absolute atomic E-state index is 0.0958. The van der Waals surface area contributed by atoms with E-state index >= 15 is 0 Å². The summed E-state index contributed by atoms with van der Waals surface area (Å²) in [5, 5.41) is 4.32. The Bertz CT molecular complexity index is 1110. The fraction of sp³-hybridized carbons (Fsp3) is 0.625. The molecule has 2 fully saturated rings. The van der Waals surface area contributed by atoms with Gasteiger partial charge in [-0.05, 0) is 12.8 Å². The number of ether oxygens (including phenoxy) is 1. The summed E-state index contributed by atoms with van der Waals surface area (Å²) >= 11 is 6.13. The Labute approximate surface area is 186 Å². The predicted octanol–water partition coefficient (Wildman–Crippen LogP) is 2.79. The highest BCUT2D eigenvalue weighted by atomic mass is 35.5. The van der Waals surface area contributed by atoms with Gasteiger partial charge in [-0.3, -0.25) is 9.13 Å². The van der Waals surface area contributed by atoms with E-state index in [9.17, 15) is 22.8 Å². The second-order valence-electron chi connectivity index (χ2n) is 7.86. The molecule has 11 nitrogen and oxygen atoms in total. The Morgan fingerprint density at radius 1 is 1.31 bits per heavy atom. The highest BCUT2D eigenvalue weighted by molar-refractivity contribution is 7.70. The summed E-state index contributed by atoms with van der Waals surface area (Å²) < 4.78 is 62.2. The normalized spacial score (nSPS) is 25.5. The zero-order valence-electron chi connectivity index (χ0n) is 16.6. The van der Waals surface area contributed by atoms with Gasteiger partial charge in [-0.2, -0.15) is 5.10 Å². The van der Waals surface area contributed by atoms with Crippen molar-refractivity contribution in [3.05, 3.63) is 23.2 Å². The SMILES string of the molecule is O=P(O)(O)CP(=O)(O)OC[C@@H]1CC[C@H](c2ncc3c(N4CCC(F)(F)C4)cc(Cl)nn23)O1. The molecule has 2 aliphatic rings. The van der Waals surface area contributed by atoms with Crippen LogP contribution in [0.4, 0.5) is 14.5 Å². The molecule has 0 bridgehead atoms. The smallest absolute Gasteiger partial charge is 0.340 e. The number of halogens is 3. The summed E-state index contributed by atoms with van der Waals surface area (Å²) in [5.74, 6) is -3.68. The highest BCUT2D eigenvalue weighted by Crippen LogP contribution is 2.55. The van der Waals surface area contributed by atoms with E-state index in [0.717, 1.165) is 0 Å². The van der Waals surface area contributed by atoms with E-state index in [1.165, 1.54) is 21.7 Å². The Balaban J connectivity index is 1.48. The average Bonchev–Trinajstić information content (AvgIpc) is 3.35. The molecular weight excluding hydrogens is 496 g/mol. The Morgan fingerprint density at radius 2 is 2.06 bits per heavy atom. The number of anilines is 1. The maximum atomic E-state index is 13.7. The van der Waals surface area contributed by atoms with Crippen molar-refractivity contribution >= 4 is 38.0 Å². The van der Waals surface area contributed by atoms with Crippen LogP contribution in [-0.2, 0) is 18.4 Å². The van der Waals surface area contributed by atoms with Crippen molar-refractivity contribution in [2.75, 3.05) is 30.5 Å². The van der Waals surface area contributed by atoms with Gasteiger partial charge in [0, 0.05) is 19.0 Å². The van der Waals surface area contributed by atoms with Gasteiger partial charge in [0.2, 0.25) is 0 Å². The van der Waals surface area contributed by atoms with Crippen LogP contribution in [0.15, 0.2) is 12.3 Å². The lowest BCUT2D eigenvalue weighted by molar-refractivity contribution is 0.0106. The second kappa shape index (κ2) is 8.56. The lowest BCUT2D eigenvalue weighted by Gasteiger charge is -2.20. The highest BCUT2D eigenvalue weighted by Gasteiger charge is 2.40. The van der Waals surface area contributed by atoms with Gasteiger partial charge in [-0.15, -0.1) is 0 Å². The van der Waals surface area contributed by atoms with Crippen LogP contribution in [0.1, 0.15) is 31.2 Å². The minimum Gasteiger partial charge on any atom is -0.365 e. The summed E-state index contributed by atoms with van der Waals surface area (Å²) in [5.41, 5.74) is 0.976. The number of fused-ring (bicyclic) bond motifs is 1. The molecule has 32 heavy (non-hydrogen) atoms. The van der Waals surface area contributed by atoms with Gasteiger partial charge in [0.25, 0.3) is 5.92 Å². The molecule has 1 unspecified atom stereocenters. The fourth-order valence-electron chi connectivity index (χ4n) is 3.86. The van der Waals surface area contributed by atoms with Gasteiger partial charge < -0.3 is 28.8 Å². The van der Waals surface area contributed by atoms with E-state index in [1.54, 1.807) is 0 Å². The van der Waals surface area contributed by atoms with E-state index in [1.807, 2.05) is 0 Å². The third kappa shape index (κ3) is 5.48. The van der Waals surface area contributed by atoms with Crippen LogP contribution in [-0.4, -0.2) is 66.9 Å². The molecule has 0 aliphatic carbocycles. The van der Waals surface area contributed by atoms with Gasteiger partial charge in [0.15, 0.2) is 16.9 Å². The van der Waals surface area contributed by atoms with E-state index < -0.39 is 45.8 Å². The number of hydrogen-bond acceptors (Lipinski definition) is 7. The molecule has 16 heteroatoms. The lowest BCUT2D eigenvalue weighted by Crippen LogP contribution is -2.25. The molecular formula is C16H21ClF2N4O7P2. The summed E-state index contributed by atoms with van der Waals surface area (Å²) in [6, 6.07) is 1.51. The number of rotatable bonds is 7. The molecule has 3 N–H and O–H groups in total. The summed E-state index contributed by atoms with van der Waals surface area (Å²) in [6.07, 6.45) is 0.961. The van der Waals surface area contributed by atoms with Crippen LogP contribution in [0, 0.1) is 0 Å². The van der Waals surface area contributed by atoms with Crippen molar-refractivity contribution in [1.82, 2.24) is 14.6 Å². The summed E-state index contributed by atoms with van der Waals surface area (Å²) in [6.45, 7) is -0.604. The summed E-state index contributed by atoms with van der Waals surface area (Å²) in [4.78, 5) is 33.2. The van der Waals surface area contributed by atoms with Crippen LogP contribution in [0.2, 0.25) is 5.15 Å². The van der Waals surface area contributed by atoms with E-state index in [2.05, 4.69) is 10.1 Å². The van der Waals surface area contributed by atoms with Crippen LogP contribution >= 0.6 is 26.8 Å². The van der Waals surface area contributed by atoms with E-state index in [-0.39, 0.29) is 24.7 Å². The zero-order chi connectivity index (χ0) is 23.3. The van der Waals surface area contributed by atoms with Gasteiger partial charge in [0.1, 0.15) is 11.6 Å². The quantitative estimate of drug-likeness (QED) is 0.469. The third-order valence-electron chi connectivity index (χ3n) is 5.21.